The molecule has 2 N–H and O–H groups in total. The molecule has 1 heterocycles. The largest absolute Gasteiger partial charge is 0.506 e. The molecule has 0 fully saturated rings. The van der Waals surface area contributed by atoms with E-state index in [1.54, 1.807) is 25.1 Å². The van der Waals surface area contributed by atoms with E-state index in [1.165, 1.54) is 0 Å². The van der Waals surface area contributed by atoms with Crippen LogP contribution in [-0.4, -0.2) is 10.1 Å². The number of phenolic OH excluding ortho intramolecular Hbond substituents is 1. The van der Waals surface area contributed by atoms with E-state index >= 15 is 0 Å². The fourth-order valence-corrected chi connectivity index (χ4v) is 2.40. The minimum Gasteiger partial charge on any atom is -0.506 e. The Morgan fingerprint density at radius 2 is 1.95 bits per heavy atom. The summed E-state index contributed by atoms with van der Waals surface area (Å²) in [7, 11) is 0. The summed E-state index contributed by atoms with van der Waals surface area (Å²) in [6.45, 7) is 5.72. The number of nitriles is 1. The topological polar surface area (TPSA) is 76.9 Å². The van der Waals surface area contributed by atoms with Crippen LogP contribution in [0.4, 0.5) is 0 Å². The summed E-state index contributed by atoms with van der Waals surface area (Å²) < 4.78 is 0. The molecule has 0 aliphatic rings. The number of nitrogens with zero attached hydrogens (tertiary/aromatic N) is 1. The minimum absolute atomic E-state index is 0.0344. The summed E-state index contributed by atoms with van der Waals surface area (Å²) in [5, 5.41) is 19.6. The van der Waals surface area contributed by atoms with Crippen molar-refractivity contribution >= 4 is 11.6 Å². The normalized spacial score (nSPS) is 10.7. The Labute approximate surface area is 127 Å². The van der Waals surface area contributed by atoms with Crippen molar-refractivity contribution < 1.29 is 5.11 Å². The van der Waals surface area contributed by atoms with Gasteiger partial charge in [0.15, 0.2) is 0 Å². The zero-order valence-electron chi connectivity index (χ0n) is 12.0. The lowest BCUT2D eigenvalue weighted by Crippen LogP contribution is -2.12. The SMILES string of the molecule is Cc1cc(-c2cc(C(C)C)cc(Cl)c2O)c(C#N)c(=O)[nH]1. The first-order valence-corrected chi connectivity index (χ1v) is 6.89. The highest BCUT2D eigenvalue weighted by Gasteiger charge is 2.17. The summed E-state index contributed by atoms with van der Waals surface area (Å²) in [6.07, 6.45) is 0. The Balaban J connectivity index is 2.85. The van der Waals surface area contributed by atoms with Crippen molar-refractivity contribution in [3.05, 3.63) is 50.4 Å². The first-order chi connectivity index (χ1) is 9.85. The van der Waals surface area contributed by atoms with Crippen LogP contribution in [0.2, 0.25) is 5.02 Å². The number of phenols is 1. The van der Waals surface area contributed by atoms with Gasteiger partial charge in [-0.05, 0) is 36.6 Å². The molecule has 0 spiro atoms. The zero-order valence-corrected chi connectivity index (χ0v) is 12.7. The standard InChI is InChI=1S/C16H15ClN2O2/c1-8(2)10-5-12(15(20)14(17)6-10)11-4-9(3)19-16(21)13(11)7-18/h4-6,8,20H,1-3H3,(H,19,21). The monoisotopic (exact) mass is 302 g/mol. The Hall–Kier alpha value is -2.25. The second kappa shape index (κ2) is 5.63. The van der Waals surface area contributed by atoms with Gasteiger partial charge >= 0.3 is 0 Å². The lowest BCUT2D eigenvalue weighted by atomic mass is 9.94. The average Bonchev–Trinajstić information content (AvgIpc) is 2.40. The molecule has 1 aromatic carbocycles. The summed E-state index contributed by atoms with van der Waals surface area (Å²) >= 11 is 6.07. The summed E-state index contributed by atoms with van der Waals surface area (Å²) in [6, 6.07) is 7.01. The summed E-state index contributed by atoms with van der Waals surface area (Å²) in [5.74, 6) is 0.0815. The van der Waals surface area contributed by atoms with Crippen molar-refractivity contribution in [1.29, 1.82) is 5.26 Å². The molecule has 0 aliphatic heterocycles. The van der Waals surface area contributed by atoms with Gasteiger partial charge in [0.1, 0.15) is 17.4 Å². The van der Waals surface area contributed by atoms with E-state index in [1.807, 2.05) is 19.9 Å². The number of hydrogen-bond donors (Lipinski definition) is 2. The fraction of sp³-hybridized carbons (Fsp3) is 0.250. The summed E-state index contributed by atoms with van der Waals surface area (Å²) in [5.41, 5.74) is 1.82. The Bertz CT molecular complexity index is 801. The van der Waals surface area contributed by atoms with E-state index in [4.69, 9.17) is 11.6 Å². The van der Waals surface area contributed by atoms with Crippen molar-refractivity contribution in [3.63, 3.8) is 0 Å². The average molecular weight is 303 g/mol. The number of aromatic amines is 1. The van der Waals surface area contributed by atoms with E-state index in [0.29, 0.717) is 16.8 Å². The smallest absolute Gasteiger partial charge is 0.266 e. The lowest BCUT2D eigenvalue weighted by molar-refractivity contribution is 0.477. The first-order valence-electron chi connectivity index (χ1n) is 6.52. The van der Waals surface area contributed by atoms with Gasteiger partial charge in [0.25, 0.3) is 5.56 Å². The predicted molar refractivity (Wildman–Crippen MR) is 82.7 cm³/mol. The Morgan fingerprint density at radius 3 is 2.52 bits per heavy atom. The van der Waals surface area contributed by atoms with Crippen molar-refractivity contribution in [2.45, 2.75) is 26.7 Å². The number of halogens is 1. The number of H-pyrrole nitrogens is 1. The van der Waals surface area contributed by atoms with Gasteiger partial charge in [0.05, 0.1) is 5.02 Å². The van der Waals surface area contributed by atoms with Crippen molar-refractivity contribution in [1.82, 2.24) is 4.98 Å². The number of aromatic nitrogens is 1. The highest BCUT2D eigenvalue weighted by Crippen LogP contribution is 2.39. The molecule has 0 saturated heterocycles. The van der Waals surface area contributed by atoms with Gasteiger partial charge < -0.3 is 10.1 Å². The van der Waals surface area contributed by atoms with Crippen molar-refractivity contribution in [2.75, 3.05) is 0 Å². The third-order valence-electron chi connectivity index (χ3n) is 3.32. The molecule has 2 aromatic rings. The summed E-state index contributed by atoms with van der Waals surface area (Å²) in [4.78, 5) is 14.5. The molecule has 1 aromatic heterocycles. The molecule has 0 radical (unpaired) electrons. The highest BCUT2D eigenvalue weighted by molar-refractivity contribution is 6.32. The van der Waals surface area contributed by atoms with Crippen molar-refractivity contribution in [3.8, 4) is 22.9 Å². The van der Waals surface area contributed by atoms with E-state index in [-0.39, 0.29) is 22.3 Å². The maximum Gasteiger partial charge on any atom is 0.266 e. The molecule has 21 heavy (non-hydrogen) atoms. The number of nitrogens with one attached hydrogen (secondary N) is 1. The van der Waals surface area contributed by atoms with Gasteiger partial charge in [-0.3, -0.25) is 4.79 Å². The predicted octanol–water partition coefficient (Wildman–Crippen LogP) is 3.70. The number of aromatic hydroxyl groups is 1. The quantitative estimate of drug-likeness (QED) is 0.888. The van der Waals surface area contributed by atoms with Crippen LogP contribution in [0.25, 0.3) is 11.1 Å². The van der Waals surface area contributed by atoms with Crippen LogP contribution in [0, 0.1) is 18.3 Å². The van der Waals surface area contributed by atoms with Crippen LogP contribution < -0.4 is 5.56 Å². The third-order valence-corrected chi connectivity index (χ3v) is 3.61. The van der Waals surface area contributed by atoms with E-state index in [2.05, 4.69) is 4.98 Å². The molecule has 108 valence electrons. The van der Waals surface area contributed by atoms with Crippen LogP contribution in [0.1, 0.15) is 36.6 Å². The van der Waals surface area contributed by atoms with Gasteiger partial charge in [-0.25, -0.2) is 0 Å². The number of pyridine rings is 1. The molecule has 0 amide bonds. The lowest BCUT2D eigenvalue weighted by Gasteiger charge is -2.13. The second-order valence-electron chi connectivity index (χ2n) is 5.24. The van der Waals surface area contributed by atoms with E-state index in [0.717, 1.165) is 5.56 Å². The molecular formula is C16H15ClN2O2. The number of aryl methyl sites for hydroxylation is 1. The van der Waals surface area contributed by atoms with Crippen LogP contribution in [0.3, 0.4) is 0 Å². The Kier molecular flexibility index (Phi) is 4.06. The maximum absolute atomic E-state index is 11.9. The van der Waals surface area contributed by atoms with Gasteiger partial charge in [0, 0.05) is 16.8 Å². The van der Waals surface area contributed by atoms with Gasteiger partial charge in [-0.1, -0.05) is 25.4 Å². The van der Waals surface area contributed by atoms with E-state index in [9.17, 15) is 15.2 Å². The molecule has 4 nitrogen and oxygen atoms in total. The number of benzene rings is 1. The maximum atomic E-state index is 11.9. The molecule has 0 saturated carbocycles. The van der Waals surface area contributed by atoms with E-state index < -0.39 is 5.56 Å². The first kappa shape index (κ1) is 15.1. The molecule has 0 aliphatic carbocycles. The number of hydrogen-bond acceptors (Lipinski definition) is 3. The molecule has 0 unspecified atom stereocenters. The molecular weight excluding hydrogens is 288 g/mol. The van der Waals surface area contributed by atoms with Gasteiger partial charge in [0.2, 0.25) is 0 Å². The molecule has 0 atom stereocenters. The molecule has 2 rings (SSSR count). The zero-order chi connectivity index (χ0) is 15.7. The van der Waals surface area contributed by atoms with Crippen LogP contribution in [0.15, 0.2) is 23.0 Å². The molecule has 5 heteroatoms. The van der Waals surface area contributed by atoms with Crippen LogP contribution >= 0.6 is 11.6 Å². The van der Waals surface area contributed by atoms with Gasteiger partial charge in [-0.2, -0.15) is 5.26 Å². The highest BCUT2D eigenvalue weighted by atomic mass is 35.5. The molecule has 0 bridgehead atoms. The Morgan fingerprint density at radius 1 is 1.29 bits per heavy atom. The number of rotatable bonds is 2. The second-order valence-corrected chi connectivity index (χ2v) is 5.64. The van der Waals surface area contributed by atoms with Crippen molar-refractivity contribution in [2.24, 2.45) is 0 Å². The van der Waals surface area contributed by atoms with Crippen LogP contribution in [-0.2, 0) is 0 Å². The van der Waals surface area contributed by atoms with Gasteiger partial charge in [-0.15, -0.1) is 0 Å². The van der Waals surface area contributed by atoms with Crippen LogP contribution in [0.5, 0.6) is 5.75 Å². The fourth-order valence-electron chi connectivity index (χ4n) is 2.17. The minimum atomic E-state index is -0.474. The third kappa shape index (κ3) is 2.79.